The van der Waals surface area contributed by atoms with Gasteiger partial charge in [-0.3, -0.25) is 19.5 Å². The molecule has 26 heavy (non-hydrogen) atoms. The molecular formula is C18H14N4O3S. The normalized spacial score (nSPS) is 12.1. The van der Waals surface area contributed by atoms with Crippen molar-refractivity contribution in [2.75, 3.05) is 0 Å². The van der Waals surface area contributed by atoms with E-state index < -0.39 is 17.0 Å². The Labute approximate surface area is 150 Å². The molecule has 7 nitrogen and oxygen atoms in total. The summed E-state index contributed by atoms with van der Waals surface area (Å²) in [6, 6.07) is 14.2. The van der Waals surface area contributed by atoms with Crippen LogP contribution in [0.15, 0.2) is 63.1 Å². The molecule has 0 fully saturated rings. The highest BCUT2D eigenvalue weighted by molar-refractivity contribution is 7.16. The van der Waals surface area contributed by atoms with Crippen molar-refractivity contribution < 1.29 is 4.79 Å². The number of thiazole rings is 1. The number of amides is 1. The summed E-state index contributed by atoms with van der Waals surface area (Å²) in [7, 11) is 1.83. The fourth-order valence-electron chi connectivity index (χ4n) is 2.82. The molecule has 0 saturated heterocycles. The van der Waals surface area contributed by atoms with Crippen LogP contribution < -0.4 is 15.9 Å². The molecule has 1 amide bonds. The number of carbonyl (C=O) groups excluding carboxylic acids is 1. The number of fused-ring (bicyclic) bond motifs is 2. The van der Waals surface area contributed by atoms with Crippen molar-refractivity contribution in [2.24, 2.45) is 12.0 Å². The van der Waals surface area contributed by atoms with Crippen LogP contribution in [-0.2, 0) is 18.4 Å². The molecule has 0 bridgehead atoms. The molecule has 0 unspecified atom stereocenters. The Kier molecular flexibility index (Phi) is 3.89. The Balaban J connectivity index is 1.76. The minimum absolute atomic E-state index is 0.275. The summed E-state index contributed by atoms with van der Waals surface area (Å²) < 4.78 is 3.84. The number of hydrogen-bond acceptors (Lipinski definition) is 4. The molecule has 2 heterocycles. The van der Waals surface area contributed by atoms with Crippen LogP contribution in [0.3, 0.4) is 0 Å². The van der Waals surface area contributed by atoms with Gasteiger partial charge in [-0.2, -0.15) is 4.99 Å². The van der Waals surface area contributed by atoms with Gasteiger partial charge in [0.1, 0.15) is 6.54 Å². The van der Waals surface area contributed by atoms with Gasteiger partial charge in [-0.15, -0.1) is 0 Å². The minimum atomic E-state index is -0.514. The number of aromatic amines is 1. The van der Waals surface area contributed by atoms with E-state index in [2.05, 4.69) is 10.1 Å². The topological polar surface area (TPSA) is 89.2 Å². The number of carbonyl (C=O) groups is 1. The summed E-state index contributed by atoms with van der Waals surface area (Å²) in [5.41, 5.74) is 0.130. The van der Waals surface area contributed by atoms with Gasteiger partial charge in [-0.05, 0) is 24.3 Å². The summed E-state index contributed by atoms with van der Waals surface area (Å²) >= 11 is 1.39. The number of hydrogen-bond donors (Lipinski definition) is 1. The first kappa shape index (κ1) is 16.2. The van der Waals surface area contributed by atoms with E-state index in [1.54, 1.807) is 24.3 Å². The monoisotopic (exact) mass is 366 g/mol. The van der Waals surface area contributed by atoms with Crippen LogP contribution in [0, 0.1) is 0 Å². The number of aromatic nitrogens is 3. The molecule has 4 aromatic rings. The van der Waals surface area contributed by atoms with Gasteiger partial charge in [0.2, 0.25) is 0 Å². The molecular weight excluding hydrogens is 352 g/mol. The molecule has 0 aliphatic rings. The van der Waals surface area contributed by atoms with Crippen molar-refractivity contribution >= 4 is 38.2 Å². The van der Waals surface area contributed by atoms with Crippen LogP contribution >= 0.6 is 11.3 Å². The van der Waals surface area contributed by atoms with Gasteiger partial charge < -0.3 is 4.57 Å². The lowest BCUT2D eigenvalue weighted by atomic mass is 10.2. The van der Waals surface area contributed by atoms with Crippen molar-refractivity contribution in [1.82, 2.24) is 14.3 Å². The third-order valence-corrected chi connectivity index (χ3v) is 5.23. The van der Waals surface area contributed by atoms with Crippen LogP contribution in [0.5, 0.6) is 0 Å². The van der Waals surface area contributed by atoms with Crippen molar-refractivity contribution in [3.05, 3.63) is 74.0 Å². The fraction of sp³-hybridized carbons (Fsp3) is 0.111. The maximum Gasteiger partial charge on any atom is 0.273 e. The molecule has 4 rings (SSSR count). The molecule has 0 radical (unpaired) electrons. The highest BCUT2D eigenvalue weighted by atomic mass is 32.1. The molecule has 2 aromatic heterocycles. The largest absolute Gasteiger partial charge is 0.319 e. The quantitative estimate of drug-likeness (QED) is 0.581. The SMILES string of the molecule is Cn1c(=NC(=O)Cn2[nH]c(=O)c3ccccc3c2=O)sc2ccccc21. The second-order valence-corrected chi connectivity index (χ2v) is 6.80. The number of H-pyrrole nitrogens is 1. The zero-order valence-electron chi connectivity index (χ0n) is 13.8. The van der Waals surface area contributed by atoms with Crippen LogP contribution in [0.2, 0.25) is 0 Å². The molecule has 0 atom stereocenters. The van der Waals surface area contributed by atoms with E-state index in [0.717, 1.165) is 14.9 Å². The molecule has 2 aromatic carbocycles. The highest BCUT2D eigenvalue weighted by Crippen LogP contribution is 2.15. The van der Waals surface area contributed by atoms with Crippen LogP contribution in [0.1, 0.15) is 0 Å². The van der Waals surface area contributed by atoms with E-state index in [0.29, 0.717) is 10.2 Å². The van der Waals surface area contributed by atoms with Crippen molar-refractivity contribution in [3.8, 4) is 0 Å². The van der Waals surface area contributed by atoms with Gasteiger partial charge in [0, 0.05) is 7.05 Å². The Morgan fingerprint density at radius 2 is 1.77 bits per heavy atom. The smallest absolute Gasteiger partial charge is 0.273 e. The zero-order chi connectivity index (χ0) is 18.3. The Morgan fingerprint density at radius 3 is 2.54 bits per heavy atom. The molecule has 8 heteroatoms. The highest BCUT2D eigenvalue weighted by Gasteiger charge is 2.10. The number of nitrogens with one attached hydrogen (secondary N) is 1. The van der Waals surface area contributed by atoms with Gasteiger partial charge in [-0.25, -0.2) is 4.68 Å². The van der Waals surface area contributed by atoms with E-state index in [1.807, 2.05) is 35.9 Å². The standard InChI is InChI=1S/C18H14N4O3S/c1-21-13-8-4-5-9-14(13)26-18(21)19-15(23)10-22-17(25)12-7-3-2-6-11(12)16(24)20-22/h2-9H,10H2,1H3,(H,20,24). The Morgan fingerprint density at radius 1 is 1.08 bits per heavy atom. The zero-order valence-corrected chi connectivity index (χ0v) is 14.6. The lowest BCUT2D eigenvalue weighted by molar-refractivity contribution is -0.118. The first-order chi connectivity index (χ1) is 12.5. The third kappa shape index (κ3) is 2.70. The van der Waals surface area contributed by atoms with E-state index in [1.165, 1.54) is 11.3 Å². The molecule has 0 aliphatic carbocycles. The molecule has 1 N–H and O–H groups in total. The van der Waals surface area contributed by atoms with Crippen LogP contribution in [0.25, 0.3) is 21.0 Å². The summed E-state index contributed by atoms with van der Waals surface area (Å²) in [4.78, 5) is 41.6. The number of rotatable bonds is 2. The van der Waals surface area contributed by atoms with E-state index in [-0.39, 0.29) is 11.9 Å². The molecule has 0 aliphatic heterocycles. The summed E-state index contributed by atoms with van der Waals surface area (Å²) in [5, 5.41) is 3.02. The van der Waals surface area contributed by atoms with Gasteiger partial charge in [-0.1, -0.05) is 35.6 Å². The van der Waals surface area contributed by atoms with E-state index in [9.17, 15) is 14.4 Å². The van der Waals surface area contributed by atoms with Crippen LogP contribution in [0.4, 0.5) is 0 Å². The summed E-state index contributed by atoms with van der Waals surface area (Å²) in [6.07, 6.45) is 0. The van der Waals surface area contributed by atoms with Crippen LogP contribution in [-0.4, -0.2) is 20.3 Å². The van der Waals surface area contributed by atoms with Gasteiger partial charge in [0.25, 0.3) is 17.0 Å². The van der Waals surface area contributed by atoms with E-state index in [4.69, 9.17) is 0 Å². The number of aryl methyl sites for hydroxylation is 1. The molecule has 130 valence electrons. The lowest BCUT2D eigenvalue weighted by Crippen LogP contribution is -2.32. The lowest BCUT2D eigenvalue weighted by Gasteiger charge is -2.04. The third-order valence-electron chi connectivity index (χ3n) is 4.11. The Bertz CT molecular complexity index is 1340. The van der Waals surface area contributed by atoms with Gasteiger partial charge >= 0.3 is 0 Å². The number of para-hydroxylation sites is 1. The maximum atomic E-state index is 12.5. The average Bonchev–Trinajstić information content (AvgIpc) is 2.95. The Hall–Kier alpha value is -3.26. The first-order valence-corrected chi connectivity index (χ1v) is 8.70. The van der Waals surface area contributed by atoms with Crippen molar-refractivity contribution in [3.63, 3.8) is 0 Å². The predicted molar refractivity (Wildman–Crippen MR) is 100 cm³/mol. The second kappa shape index (κ2) is 6.23. The van der Waals surface area contributed by atoms with Crippen molar-refractivity contribution in [1.29, 1.82) is 0 Å². The maximum absolute atomic E-state index is 12.5. The average molecular weight is 366 g/mol. The van der Waals surface area contributed by atoms with Crippen molar-refractivity contribution in [2.45, 2.75) is 6.54 Å². The fourth-order valence-corrected chi connectivity index (χ4v) is 3.86. The minimum Gasteiger partial charge on any atom is -0.319 e. The summed E-state index contributed by atoms with van der Waals surface area (Å²) in [5.74, 6) is -0.514. The van der Waals surface area contributed by atoms with Gasteiger partial charge in [0.15, 0.2) is 4.80 Å². The predicted octanol–water partition coefficient (Wildman–Crippen LogP) is 1.37. The summed E-state index contributed by atoms with van der Waals surface area (Å²) in [6.45, 7) is -0.326. The van der Waals surface area contributed by atoms with E-state index >= 15 is 0 Å². The second-order valence-electron chi connectivity index (χ2n) is 5.79. The number of nitrogens with zero attached hydrogens (tertiary/aromatic N) is 3. The van der Waals surface area contributed by atoms with Gasteiger partial charge in [0.05, 0.1) is 21.0 Å². The number of benzene rings is 2. The first-order valence-electron chi connectivity index (χ1n) is 7.88. The molecule has 0 saturated carbocycles. The molecule has 0 spiro atoms.